The Morgan fingerprint density at radius 1 is 0.485 bits per heavy atom. The number of rotatable bonds is 10. The second-order valence-electron chi connectivity index (χ2n) is 38.8. The number of primary amides is 1. The van der Waals surface area contributed by atoms with E-state index in [1.807, 2.05) is 99.6 Å². The number of aliphatic carboxylic acids is 1. The number of aromatic nitrogens is 2. The summed E-state index contributed by atoms with van der Waals surface area (Å²) in [5.74, 6) is -3.01. The summed E-state index contributed by atoms with van der Waals surface area (Å²) in [4.78, 5) is 145. The SMILES string of the molecule is C1CCOC1.CC(C)(C)c1cc(C(C)(C)C(=O)O)c(O)cc1[N+](=O)[O-].CC(C)(C)c1cc2c(cc1N)OC(=O)C2(C)C.CC(C)(C)c1cc2c(cc1NC(=O)c1c[nH]c3ccccc3c1=O)OC(=O)C2(C)C.CC(C)(C)c1cc2c(cc1[N+](=O)[O-])OC(=O)C2(C)C.CO.CO.COC(=O)Oc1ccc(C(C)(C)C)cc1C(C)(C)C(N)=O.O=C(O)c1c[nH]c2ccccc2c1=O.[Na+].[Na+].[OH-].[OH-]. The molecule has 0 bridgehead atoms. The number of nitro groups is 2. The van der Waals surface area contributed by atoms with E-state index in [4.69, 9.17) is 50.5 Å². The van der Waals surface area contributed by atoms with Crippen LogP contribution in [0.15, 0.2) is 137 Å². The standard InChI is InChI=1S/C24H24N2O4.C16H23NO4.C14H19NO5.C14H17NO4.C14H19NO2.C10H7NO3.C4H8O.2CH4O.2Na.2H2O/c1-23(2,3)15-10-16-19(30-22(29)24(16,4)5)11-18(15)26-21(28)14-12-25-17-9-7-6-8-13(17)20(14)27;1-15(2,3)10-7-8-12(21-14(19)20-6)11(9-10)16(4,5)13(17)18;1-13(2,3)8-6-9(14(4,5)12(17)18)11(16)7-10(8)15(19)20;1-13(2,3)8-6-9-11(7-10(8)15(17)18)19-12(16)14(9,4)5;1-13(2,3)8-6-9-11(7-10(8)15)17-12(16)14(9,4)5;12-9-6-3-1-2-4-8(6)11-5-7(9)10(13)14;1-2-4-5-3-1;2*1-2;;;;/h6-12H,1-5H3,(H,25,27)(H,26,28);7-9H,1-6H3,(H2,17,18);6-7,16H,1-5H3,(H,17,18);6-7H,1-5H3;6-7H,15H2,1-5H3;1-5H,(H,11,12)(H,13,14);1-4H2;2*2H,1H3;;;2*1H2/q;;;;;;;;;2*+1;;/p-2. The van der Waals surface area contributed by atoms with Gasteiger partial charge in [-0.15, -0.1) is 0 Å². The van der Waals surface area contributed by atoms with Crippen LogP contribution >= 0.6 is 0 Å². The van der Waals surface area contributed by atoms with Gasteiger partial charge in [-0.3, -0.25) is 58.6 Å². The number of phenolic OH excluding ortho intramolecular Hbond substituents is 1. The summed E-state index contributed by atoms with van der Waals surface area (Å²) in [6, 6.07) is 32.1. The number of aliphatic hydroxyl groups excluding tert-OH is 2. The molecule has 1 fully saturated rings. The van der Waals surface area contributed by atoms with E-state index in [2.05, 4.69) is 61.6 Å². The molecular weight excluding hydrogens is 1750 g/mol. The van der Waals surface area contributed by atoms with Crippen molar-refractivity contribution in [2.45, 2.75) is 240 Å². The largest absolute Gasteiger partial charge is 1.00 e. The van der Waals surface area contributed by atoms with Gasteiger partial charge >= 0.3 is 95.1 Å². The molecule has 0 saturated carbocycles. The molecule has 7 aromatic carbocycles. The summed E-state index contributed by atoms with van der Waals surface area (Å²) >= 11 is 0. The molecule has 0 unspecified atom stereocenters. The fourth-order valence-electron chi connectivity index (χ4n) is 13.7. The van der Waals surface area contributed by atoms with E-state index in [-0.39, 0.29) is 155 Å². The molecule has 2 aromatic heterocycles. The number of anilines is 2. The van der Waals surface area contributed by atoms with Gasteiger partial charge in [-0.2, -0.15) is 0 Å². The van der Waals surface area contributed by atoms with Crippen LogP contribution in [0.4, 0.5) is 27.5 Å². The number of aromatic carboxylic acids is 1. The van der Waals surface area contributed by atoms with Crippen LogP contribution in [0.1, 0.15) is 262 Å². The molecule has 13 rings (SSSR count). The van der Waals surface area contributed by atoms with Gasteiger partial charge in [0.25, 0.3) is 17.3 Å². The number of para-hydroxylation sites is 2. The maximum absolute atomic E-state index is 13.0. The zero-order chi connectivity index (χ0) is 99.4. The number of fused-ring (bicyclic) bond motifs is 5. The molecule has 1 saturated heterocycles. The summed E-state index contributed by atoms with van der Waals surface area (Å²) in [6.07, 6.45) is 4.36. The molecule has 34 nitrogen and oxygen atoms in total. The molecule has 0 atom stereocenters. The third-order valence-electron chi connectivity index (χ3n) is 22.1. The van der Waals surface area contributed by atoms with Gasteiger partial charge in [-0.05, 0) is 180 Å². The number of esters is 3. The Hall–Kier alpha value is -11.3. The van der Waals surface area contributed by atoms with Gasteiger partial charge in [0.1, 0.15) is 39.9 Å². The van der Waals surface area contributed by atoms with E-state index < -0.39 is 77.7 Å². The molecule has 14 N–H and O–H groups in total. The first kappa shape index (κ1) is 121. The third-order valence-corrected chi connectivity index (χ3v) is 22.1. The molecule has 2 amide bonds. The van der Waals surface area contributed by atoms with Gasteiger partial charge in [-0.1, -0.05) is 140 Å². The molecule has 718 valence electrons. The summed E-state index contributed by atoms with van der Waals surface area (Å²) in [6.45, 7) is 48.9. The predicted molar refractivity (Wildman–Crippen MR) is 501 cm³/mol. The van der Waals surface area contributed by atoms with Crippen molar-refractivity contribution in [2.24, 2.45) is 5.73 Å². The molecule has 6 heterocycles. The third kappa shape index (κ3) is 28.4. The number of amides is 2. The van der Waals surface area contributed by atoms with E-state index in [1.165, 1.54) is 58.3 Å². The number of hydrogen-bond acceptors (Lipinski definition) is 26. The van der Waals surface area contributed by atoms with Gasteiger partial charge in [0.15, 0.2) is 0 Å². The van der Waals surface area contributed by atoms with Crippen LogP contribution in [-0.2, 0) is 87.6 Å². The molecule has 0 radical (unpaired) electrons. The number of carbonyl (C=O) groups excluding carboxylic acids is 6. The van der Waals surface area contributed by atoms with Crippen LogP contribution in [0.25, 0.3) is 21.8 Å². The van der Waals surface area contributed by atoms with Crippen LogP contribution in [-0.4, -0.2) is 139 Å². The number of phenols is 1. The minimum Gasteiger partial charge on any atom is -0.870 e. The zero-order valence-corrected chi connectivity index (χ0v) is 86.3. The van der Waals surface area contributed by atoms with Gasteiger partial charge in [0, 0.05) is 124 Å². The summed E-state index contributed by atoms with van der Waals surface area (Å²) in [7, 11) is 3.23. The van der Waals surface area contributed by atoms with Crippen molar-refractivity contribution in [3.63, 3.8) is 0 Å². The number of nitrogens with two attached hydrogens (primary N) is 2. The second-order valence-corrected chi connectivity index (χ2v) is 38.8. The predicted octanol–water partition coefficient (Wildman–Crippen LogP) is 10.9. The number of aromatic amines is 2. The Bertz CT molecular complexity index is 5920. The first-order valence-corrected chi connectivity index (χ1v) is 41.6. The Morgan fingerprint density at radius 3 is 1.25 bits per heavy atom. The van der Waals surface area contributed by atoms with Gasteiger partial charge < -0.3 is 91.7 Å². The average molecular weight is 1880 g/mol. The average Bonchev–Trinajstić information content (AvgIpc) is 1.59. The number of benzene rings is 7. The van der Waals surface area contributed by atoms with Gasteiger partial charge in [0.2, 0.25) is 16.8 Å². The van der Waals surface area contributed by atoms with E-state index in [9.17, 15) is 78.4 Å². The van der Waals surface area contributed by atoms with Gasteiger partial charge in [-0.25, -0.2) is 9.59 Å². The topological polar surface area (TPSA) is 569 Å². The van der Waals surface area contributed by atoms with Crippen molar-refractivity contribution < 1.29 is 172 Å². The van der Waals surface area contributed by atoms with Crippen LogP contribution < -0.4 is 106 Å². The van der Waals surface area contributed by atoms with Crippen LogP contribution in [0, 0.1) is 20.2 Å². The number of nitrogens with one attached hydrogen (secondary N) is 3. The monoisotopic (exact) mass is 1880 g/mol. The smallest absolute Gasteiger partial charge is 0.870 e. The molecule has 0 spiro atoms. The number of ether oxygens (including phenoxy) is 6. The number of nitrogen functional groups attached to an aromatic ring is 1. The normalized spacial score (nSPS) is 13.8. The van der Waals surface area contributed by atoms with Gasteiger partial charge in [0.05, 0.1) is 56.2 Å². The van der Waals surface area contributed by atoms with E-state index >= 15 is 0 Å². The van der Waals surface area contributed by atoms with Crippen molar-refractivity contribution in [1.29, 1.82) is 0 Å². The summed E-state index contributed by atoms with van der Waals surface area (Å²) < 4.78 is 30.4. The Kier molecular flexibility index (Phi) is 42.6. The number of methoxy groups -OCH3 is 1. The number of carboxylic acids is 2. The molecule has 4 aliphatic rings. The van der Waals surface area contributed by atoms with Crippen molar-refractivity contribution >= 4 is 92.4 Å². The number of carboxylic acid groups (broad SMARTS) is 2. The van der Waals surface area contributed by atoms with Crippen molar-refractivity contribution in [3.8, 4) is 28.7 Å². The first-order valence-electron chi connectivity index (χ1n) is 41.6. The number of nitrogens with zero attached hydrogens (tertiary/aromatic N) is 2. The molecular formula is C98H127N7Na2O27. The number of nitro benzene ring substituents is 2. The van der Waals surface area contributed by atoms with Crippen LogP contribution in [0.5, 0.6) is 28.7 Å². The van der Waals surface area contributed by atoms with Crippen molar-refractivity contribution in [1.82, 2.24) is 9.97 Å². The molecule has 36 heteroatoms. The summed E-state index contributed by atoms with van der Waals surface area (Å²) in [5.41, 5.74) is 14.1. The van der Waals surface area contributed by atoms with Crippen LogP contribution in [0.2, 0.25) is 0 Å². The second kappa shape index (κ2) is 47.3. The van der Waals surface area contributed by atoms with Crippen molar-refractivity contribution in [2.75, 3.05) is 45.6 Å². The molecule has 134 heavy (non-hydrogen) atoms. The fourth-order valence-corrected chi connectivity index (χ4v) is 13.7. The number of H-pyrrole nitrogens is 2. The van der Waals surface area contributed by atoms with Crippen molar-refractivity contribution in [3.05, 3.63) is 235 Å². The van der Waals surface area contributed by atoms with Crippen LogP contribution in [0.3, 0.4) is 0 Å². The van der Waals surface area contributed by atoms with E-state index in [1.54, 1.807) is 115 Å². The van der Waals surface area contributed by atoms with E-state index in [0.29, 0.717) is 72.7 Å². The number of hydrogen-bond donors (Lipinski definition) is 10. The molecule has 4 aliphatic heterocycles. The Labute approximate surface area is 823 Å². The maximum atomic E-state index is 13.0. The number of aliphatic hydroxyl groups is 2. The zero-order valence-electron chi connectivity index (χ0n) is 82.3. The maximum Gasteiger partial charge on any atom is 1.00 e. The Balaban J connectivity index is 0.000000794. The minimum absolute atomic E-state index is 0. The molecule has 0 aliphatic carbocycles. The number of aromatic hydroxyl groups is 1. The van der Waals surface area contributed by atoms with E-state index in [0.717, 1.165) is 61.3 Å². The fraction of sp³-hybridized carbons (Fsp3) is 0.429. The Morgan fingerprint density at radius 2 is 0.866 bits per heavy atom. The number of carbonyl (C=O) groups is 8. The molecule has 9 aromatic rings. The number of pyridine rings is 2. The minimum atomic E-state index is -1.33. The quantitative estimate of drug-likeness (QED) is 0.0116. The summed E-state index contributed by atoms with van der Waals surface area (Å²) in [5, 5.41) is 67.9. The first-order chi connectivity index (χ1) is 59.8.